The summed E-state index contributed by atoms with van der Waals surface area (Å²) in [7, 11) is -1.53. The van der Waals surface area contributed by atoms with E-state index < -0.39 is 7.12 Å². The zero-order valence-corrected chi connectivity index (χ0v) is 5.86. The molecule has 0 heterocycles. The molecule has 0 radical (unpaired) electrons. The second-order valence-electron chi connectivity index (χ2n) is 2.26. The van der Waals surface area contributed by atoms with Crippen LogP contribution >= 0.6 is 0 Å². The Labute approximate surface area is 64.6 Å². The first kappa shape index (κ1) is 7.91. The van der Waals surface area contributed by atoms with Gasteiger partial charge in [0.05, 0.1) is 0 Å². The van der Waals surface area contributed by atoms with Crippen LogP contribution in [-0.2, 0) is 0 Å². The van der Waals surface area contributed by atoms with E-state index in [1.807, 2.05) is 0 Å². The number of benzene rings is 1. The Morgan fingerprint density at radius 3 is 2.27 bits per heavy atom. The fourth-order valence-corrected chi connectivity index (χ4v) is 0.828. The molecule has 0 spiro atoms. The molecule has 5 heteroatoms. The monoisotopic (exact) mass is 152 g/mol. The first-order valence-electron chi connectivity index (χ1n) is 3.12. The molecule has 1 rings (SSSR count). The average molecular weight is 152 g/mol. The van der Waals surface area contributed by atoms with E-state index >= 15 is 0 Å². The average Bonchev–Trinajstić information content (AvgIpc) is 1.85. The molecule has 0 amide bonds. The fraction of sp³-hybridized carbons (Fsp3) is 0. The number of rotatable bonds is 1. The normalized spacial score (nSPS) is 9.64. The molecular formula is C6H9BN2O2. The summed E-state index contributed by atoms with van der Waals surface area (Å²) in [4.78, 5) is 0. The maximum atomic E-state index is 8.73. The topological polar surface area (TPSA) is 92.5 Å². The first-order chi connectivity index (χ1) is 5.11. The molecule has 0 unspecified atom stereocenters. The minimum atomic E-state index is -1.53. The molecule has 4 nitrogen and oxygen atoms in total. The highest BCUT2D eigenvalue weighted by Gasteiger charge is 2.13. The number of anilines is 2. The highest BCUT2D eigenvalue weighted by Crippen LogP contribution is 2.05. The first-order valence-corrected chi connectivity index (χ1v) is 3.12. The van der Waals surface area contributed by atoms with Crippen LogP contribution in [0.15, 0.2) is 18.2 Å². The van der Waals surface area contributed by atoms with Gasteiger partial charge < -0.3 is 21.5 Å². The number of nitrogen functional groups attached to an aromatic ring is 2. The molecule has 0 fully saturated rings. The van der Waals surface area contributed by atoms with E-state index in [4.69, 9.17) is 21.5 Å². The molecule has 0 saturated heterocycles. The molecule has 6 N–H and O–H groups in total. The van der Waals surface area contributed by atoms with Crippen molar-refractivity contribution in [2.45, 2.75) is 0 Å². The maximum Gasteiger partial charge on any atom is 0.490 e. The van der Waals surface area contributed by atoms with Crippen LogP contribution < -0.4 is 16.9 Å². The molecule has 0 saturated carbocycles. The smallest absolute Gasteiger partial charge is 0.423 e. The van der Waals surface area contributed by atoms with Crippen LogP contribution in [0.2, 0.25) is 0 Å². The molecular weight excluding hydrogens is 143 g/mol. The highest BCUT2D eigenvalue weighted by atomic mass is 16.4. The molecule has 0 aliphatic heterocycles. The van der Waals surface area contributed by atoms with E-state index in [2.05, 4.69) is 0 Å². The van der Waals surface area contributed by atoms with Crippen LogP contribution in [0.5, 0.6) is 0 Å². The molecule has 1 aromatic carbocycles. The van der Waals surface area contributed by atoms with Crippen molar-refractivity contribution in [3.8, 4) is 0 Å². The minimum Gasteiger partial charge on any atom is -0.423 e. The Balaban J connectivity index is 3.09. The molecule has 0 aliphatic carbocycles. The Morgan fingerprint density at radius 1 is 1.18 bits per heavy atom. The summed E-state index contributed by atoms with van der Waals surface area (Å²) >= 11 is 0. The third-order valence-electron chi connectivity index (χ3n) is 1.39. The lowest BCUT2D eigenvalue weighted by molar-refractivity contribution is 0.426. The maximum absolute atomic E-state index is 8.73. The summed E-state index contributed by atoms with van der Waals surface area (Å²) in [5.41, 5.74) is 11.9. The molecule has 0 aliphatic rings. The van der Waals surface area contributed by atoms with Crippen molar-refractivity contribution >= 4 is 24.0 Å². The van der Waals surface area contributed by atoms with Crippen molar-refractivity contribution in [1.29, 1.82) is 0 Å². The SMILES string of the molecule is Nc1ccc(B(O)O)c(N)c1. The molecule has 0 aromatic heterocycles. The van der Waals surface area contributed by atoms with Gasteiger partial charge in [-0.25, -0.2) is 0 Å². The fourth-order valence-electron chi connectivity index (χ4n) is 0.828. The van der Waals surface area contributed by atoms with Gasteiger partial charge in [-0.3, -0.25) is 0 Å². The predicted molar refractivity (Wildman–Crippen MR) is 45.1 cm³/mol. The van der Waals surface area contributed by atoms with E-state index in [9.17, 15) is 0 Å². The van der Waals surface area contributed by atoms with E-state index in [0.717, 1.165) is 0 Å². The van der Waals surface area contributed by atoms with Crippen LogP contribution in [0.3, 0.4) is 0 Å². The van der Waals surface area contributed by atoms with Crippen LogP contribution in [0.25, 0.3) is 0 Å². The van der Waals surface area contributed by atoms with Crippen molar-refractivity contribution in [2.75, 3.05) is 11.5 Å². The second kappa shape index (κ2) is 2.81. The van der Waals surface area contributed by atoms with E-state index in [1.54, 1.807) is 6.07 Å². The quantitative estimate of drug-likeness (QED) is 0.292. The van der Waals surface area contributed by atoms with Gasteiger partial charge in [0.1, 0.15) is 0 Å². The zero-order valence-electron chi connectivity index (χ0n) is 5.86. The van der Waals surface area contributed by atoms with E-state index in [0.29, 0.717) is 11.4 Å². The van der Waals surface area contributed by atoms with Crippen molar-refractivity contribution in [3.63, 3.8) is 0 Å². The van der Waals surface area contributed by atoms with Crippen molar-refractivity contribution in [2.24, 2.45) is 0 Å². The van der Waals surface area contributed by atoms with Crippen molar-refractivity contribution < 1.29 is 10.0 Å². The van der Waals surface area contributed by atoms with Crippen molar-refractivity contribution in [3.05, 3.63) is 18.2 Å². The lowest BCUT2D eigenvalue weighted by Crippen LogP contribution is -2.32. The highest BCUT2D eigenvalue weighted by molar-refractivity contribution is 6.60. The molecule has 11 heavy (non-hydrogen) atoms. The molecule has 1 aromatic rings. The lowest BCUT2D eigenvalue weighted by Gasteiger charge is -2.03. The van der Waals surface area contributed by atoms with Gasteiger partial charge in [0, 0.05) is 16.8 Å². The van der Waals surface area contributed by atoms with Gasteiger partial charge in [-0.05, 0) is 12.1 Å². The van der Waals surface area contributed by atoms with Gasteiger partial charge in [0.25, 0.3) is 0 Å². The summed E-state index contributed by atoms with van der Waals surface area (Å²) in [5.74, 6) is 0. The van der Waals surface area contributed by atoms with Gasteiger partial charge >= 0.3 is 7.12 Å². The third-order valence-corrected chi connectivity index (χ3v) is 1.39. The Bertz CT molecular complexity index is 265. The minimum absolute atomic E-state index is 0.277. The van der Waals surface area contributed by atoms with Crippen LogP contribution in [0.4, 0.5) is 11.4 Å². The van der Waals surface area contributed by atoms with Gasteiger partial charge in [-0.2, -0.15) is 0 Å². The molecule has 0 atom stereocenters. The number of nitrogens with two attached hydrogens (primary N) is 2. The number of hydrogen-bond acceptors (Lipinski definition) is 4. The second-order valence-corrected chi connectivity index (χ2v) is 2.26. The van der Waals surface area contributed by atoms with E-state index in [-0.39, 0.29) is 5.46 Å². The third kappa shape index (κ3) is 1.63. The van der Waals surface area contributed by atoms with Gasteiger partial charge in [-0.1, -0.05) is 6.07 Å². The molecule has 58 valence electrons. The van der Waals surface area contributed by atoms with Crippen molar-refractivity contribution in [1.82, 2.24) is 0 Å². The predicted octanol–water partition coefficient (Wildman–Crippen LogP) is -1.47. The van der Waals surface area contributed by atoms with Crippen LogP contribution in [0, 0.1) is 0 Å². The summed E-state index contributed by atoms with van der Waals surface area (Å²) < 4.78 is 0. The standard InChI is InChI=1S/C6H9BN2O2/c8-4-1-2-5(7(10)11)6(9)3-4/h1-3,10-11H,8-9H2. The Kier molecular flexibility index (Phi) is 2.02. The Morgan fingerprint density at radius 2 is 1.82 bits per heavy atom. The van der Waals surface area contributed by atoms with Gasteiger partial charge in [0.2, 0.25) is 0 Å². The summed E-state index contributed by atoms with van der Waals surface area (Å²) in [6, 6.07) is 4.52. The van der Waals surface area contributed by atoms with Gasteiger partial charge in [-0.15, -0.1) is 0 Å². The molecule has 0 bridgehead atoms. The van der Waals surface area contributed by atoms with Crippen LogP contribution in [0.1, 0.15) is 0 Å². The zero-order chi connectivity index (χ0) is 8.43. The van der Waals surface area contributed by atoms with Crippen LogP contribution in [-0.4, -0.2) is 17.2 Å². The summed E-state index contributed by atoms with van der Waals surface area (Å²) in [6.07, 6.45) is 0. The Hall–Kier alpha value is -1.20. The number of hydrogen-bond donors (Lipinski definition) is 4. The lowest BCUT2D eigenvalue weighted by atomic mass is 9.79. The van der Waals surface area contributed by atoms with Gasteiger partial charge in [0.15, 0.2) is 0 Å². The van der Waals surface area contributed by atoms with E-state index in [1.165, 1.54) is 12.1 Å². The summed E-state index contributed by atoms with van der Waals surface area (Å²) in [5, 5.41) is 17.5. The summed E-state index contributed by atoms with van der Waals surface area (Å²) in [6.45, 7) is 0. The largest absolute Gasteiger partial charge is 0.490 e.